The number of benzene rings is 1. The van der Waals surface area contributed by atoms with Crippen LogP contribution in [-0.4, -0.2) is 19.8 Å². The Hall–Kier alpha value is -0.860. The van der Waals surface area contributed by atoms with Crippen molar-refractivity contribution in [3.63, 3.8) is 0 Å². The van der Waals surface area contributed by atoms with Crippen LogP contribution in [0.25, 0.3) is 0 Å². The predicted molar refractivity (Wildman–Crippen MR) is 82.6 cm³/mol. The van der Waals surface area contributed by atoms with Gasteiger partial charge in [0, 0.05) is 7.11 Å². The maximum absolute atomic E-state index is 5.50. The monoisotopic (exact) mass is 263 g/mol. The molecule has 1 aromatic carbocycles. The molecule has 0 aliphatic carbocycles. The molecule has 0 amide bonds. The number of ether oxygens (including phenoxy) is 1. The average molecular weight is 263 g/mol. The fourth-order valence-electron chi connectivity index (χ4n) is 2.18. The molecule has 1 N–H and O–H groups in total. The zero-order chi connectivity index (χ0) is 14.5. The van der Waals surface area contributed by atoms with Crippen LogP contribution in [0.2, 0.25) is 0 Å². The molecule has 0 radical (unpaired) electrons. The van der Waals surface area contributed by atoms with Gasteiger partial charge >= 0.3 is 0 Å². The van der Waals surface area contributed by atoms with E-state index in [4.69, 9.17) is 4.74 Å². The first-order valence-corrected chi connectivity index (χ1v) is 7.26. The van der Waals surface area contributed by atoms with Gasteiger partial charge in [-0.25, -0.2) is 0 Å². The van der Waals surface area contributed by atoms with Crippen LogP contribution >= 0.6 is 0 Å². The van der Waals surface area contributed by atoms with E-state index < -0.39 is 0 Å². The van der Waals surface area contributed by atoms with Gasteiger partial charge in [0.2, 0.25) is 0 Å². The lowest BCUT2D eigenvalue weighted by molar-refractivity contribution is 0.0830. The quantitative estimate of drug-likeness (QED) is 0.835. The molecule has 0 fully saturated rings. The van der Waals surface area contributed by atoms with Gasteiger partial charge in [0.25, 0.3) is 0 Å². The summed E-state index contributed by atoms with van der Waals surface area (Å²) in [4.78, 5) is 0. The fraction of sp³-hybridized carbons (Fsp3) is 0.647. The van der Waals surface area contributed by atoms with Crippen molar-refractivity contribution in [1.29, 1.82) is 0 Å². The molecule has 0 saturated carbocycles. The van der Waals surface area contributed by atoms with Gasteiger partial charge in [0.1, 0.15) is 0 Å². The van der Waals surface area contributed by atoms with Crippen molar-refractivity contribution in [1.82, 2.24) is 5.32 Å². The van der Waals surface area contributed by atoms with E-state index in [1.807, 2.05) is 0 Å². The molecule has 0 aliphatic heterocycles. The summed E-state index contributed by atoms with van der Waals surface area (Å²) in [5.74, 6) is 0. The van der Waals surface area contributed by atoms with Crippen molar-refractivity contribution in [2.75, 3.05) is 13.7 Å². The third-order valence-corrected chi connectivity index (χ3v) is 3.59. The van der Waals surface area contributed by atoms with Crippen LogP contribution in [0.3, 0.4) is 0 Å². The second-order valence-electron chi connectivity index (χ2n) is 6.24. The van der Waals surface area contributed by atoms with Crippen LogP contribution in [0.15, 0.2) is 24.3 Å². The Bertz CT molecular complexity index is 364. The summed E-state index contributed by atoms with van der Waals surface area (Å²) in [5.41, 5.74) is 2.88. The Kier molecular flexibility index (Phi) is 6.02. The van der Waals surface area contributed by atoms with Gasteiger partial charge in [-0.15, -0.1) is 0 Å². The van der Waals surface area contributed by atoms with Crippen molar-refractivity contribution in [2.24, 2.45) is 0 Å². The molecule has 2 atom stereocenters. The second-order valence-corrected chi connectivity index (χ2v) is 6.24. The van der Waals surface area contributed by atoms with E-state index in [9.17, 15) is 0 Å². The molecule has 19 heavy (non-hydrogen) atoms. The lowest BCUT2D eigenvalue weighted by Gasteiger charge is -2.26. The van der Waals surface area contributed by atoms with E-state index in [0.717, 1.165) is 13.0 Å². The van der Waals surface area contributed by atoms with Crippen molar-refractivity contribution in [3.05, 3.63) is 35.4 Å². The third-order valence-electron chi connectivity index (χ3n) is 3.59. The summed E-state index contributed by atoms with van der Waals surface area (Å²) in [5, 5.41) is 3.57. The minimum Gasteiger partial charge on any atom is -0.380 e. The minimum atomic E-state index is 0.173. The molecule has 2 heteroatoms. The lowest BCUT2D eigenvalue weighted by atomic mass is 9.86. The number of nitrogens with one attached hydrogen (secondary N) is 1. The van der Waals surface area contributed by atoms with E-state index in [1.165, 1.54) is 11.1 Å². The second kappa shape index (κ2) is 7.06. The normalized spacial score (nSPS) is 15.3. The fourth-order valence-corrected chi connectivity index (χ4v) is 2.18. The molecule has 1 rings (SSSR count). The summed E-state index contributed by atoms with van der Waals surface area (Å²) >= 11 is 0. The largest absolute Gasteiger partial charge is 0.380 e. The highest BCUT2D eigenvalue weighted by molar-refractivity contribution is 5.29. The van der Waals surface area contributed by atoms with Gasteiger partial charge in [-0.05, 0) is 36.4 Å². The Balaban J connectivity index is 2.90. The molecule has 2 nitrogen and oxygen atoms in total. The first-order valence-electron chi connectivity index (χ1n) is 7.26. The number of rotatable bonds is 6. The summed E-state index contributed by atoms with van der Waals surface area (Å²) in [6.45, 7) is 12.0. The molecule has 0 aliphatic rings. The summed E-state index contributed by atoms with van der Waals surface area (Å²) < 4.78 is 5.50. The lowest BCUT2D eigenvalue weighted by Crippen LogP contribution is -2.32. The molecule has 2 unspecified atom stereocenters. The van der Waals surface area contributed by atoms with Crippen LogP contribution in [0.4, 0.5) is 0 Å². The zero-order valence-corrected chi connectivity index (χ0v) is 13.3. The summed E-state index contributed by atoms with van der Waals surface area (Å²) in [7, 11) is 1.77. The number of methoxy groups -OCH3 is 1. The molecular formula is C17H29NO. The van der Waals surface area contributed by atoms with Crippen molar-refractivity contribution < 1.29 is 4.74 Å². The van der Waals surface area contributed by atoms with Crippen molar-refractivity contribution in [3.8, 4) is 0 Å². The molecule has 1 aromatic rings. The van der Waals surface area contributed by atoms with Gasteiger partial charge in [-0.3, -0.25) is 0 Å². The highest BCUT2D eigenvalue weighted by Gasteiger charge is 2.19. The van der Waals surface area contributed by atoms with E-state index in [-0.39, 0.29) is 17.6 Å². The van der Waals surface area contributed by atoms with Crippen LogP contribution in [0, 0.1) is 0 Å². The first kappa shape index (κ1) is 16.2. The smallest absolute Gasteiger partial charge is 0.0737 e. The van der Waals surface area contributed by atoms with E-state index in [1.54, 1.807) is 7.11 Å². The molecule has 0 spiro atoms. The van der Waals surface area contributed by atoms with Crippen LogP contribution in [0.1, 0.15) is 58.2 Å². The summed E-state index contributed by atoms with van der Waals surface area (Å²) in [6, 6.07) is 9.18. The Labute approximate surface area is 118 Å². The molecule has 108 valence electrons. The maximum Gasteiger partial charge on any atom is 0.0737 e. The zero-order valence-electron chi connectivity index (χ0n) is 13.3. The van der Waals surface area contributed by atoms with Crippen LogP contribution in [0.5, 0.6) is 0 Å². The van der Waals surface area contributed by atoms with Gasteiger partial charge in [-0.2, -0.15) is 0 Å². The molecule has 0 bridgehead atoms. The molecular weight excluding hydrogens is 234 g/mol. The van der Waals surface area contributed by atoms with Crippen molar-refractivity contribution in [2.45, 2.75) is 58.6 Å². The highest BCUT2D eigenvalue weighted by atomic mass is 16.5. The number of hydrogen-bond acceptors (Lipinski definition) is 2. The average Bonchev–Trinajstić information content (AvgIpc) is 2.38. The molecule has 0 heterocycles. The predicted octanol–water partition coefficient (Wildman–Crippen LogP) is 4.06. The van der Waals surface area contributed by atoms with E-state index in [0.29, 0.717) is 0 Å². The SMILES string of the molecule is CCCNC(c1ccc(C(C)(C)C)cc1)C(C)OC. The van der Waals surface area contributed by atoms with Crippen LogP contribution < -0.4 is 5.32 Å². The van der Waals surface area contributed by atoms with Crippen molar-refractivity contribution >= 4 is 0 Å². The Morgan fingerprint density at radius 2 is 1.74 bits per heavy atom. The van der Waals surface area contributed by atoms with Gasteiger partial charge in [0.15, 0.2) is 0 Å². The Morgan fingerprint density at radius 1 is 1.16 bits per heavy atom. The Morgan fingerprint density at radius 3 is 2.16 bits per heavy atom. The third kappa shape index (κ3) is 4.63. The molecule has 0 aromatic heterocycles. The van der Waals surface area contributed by atoms with Crippen LogP contribution in [-0.2, 0) is 10.2 Å². The van der Waals surface area contributed by atoms with Gasteiger partial charge < -0.3 is 10.1 Å². The minimum absolute atomic E-state index is 0.173. The van der Waals surface area contributed by atoms with E-state index >= 15 is 0 Å². The molecule has 0 saturated heterocycles. The standard InChI is InChI=1S/C17H29NO/c1-7-12-18-16(13(2)19-6)14-8-10-15(11-9-14)17(3,4)5/h8-11,13,16,18H,7,12H2,1-6H3. The first-order chi connectivity index (χ1) is 8.90. The van der Waals surface area contributed by atoms with E-state index in [2.05, 4.69) is 64.2 Å². The topological polar surface area (TPSA) is 21.3 Å². The summed E-state index contributed by atoms with van der Waals surface area (Å²) in [6.07, 6.45) is 1.31. The highest BCUT2D eigenvalue weighted by Crippen LogP contribution is 2.25. The number of hydrogen-bond donors (Lipinski definition) is 1. The van der Waals surface area contributed by atoms with Gasteiger partial charge in [0.05, 0.1) is 12.1 Å². The van der Waals surface area contributed by atoms with Gasteiger partial charge in [-0.1, -0.05) is 52.0 Å². The maximum atomic E-state index is 5.50.